The van der Waals surface area contributed by atoms with Crippen molar-refractivity contribution < 1.29 is 17.6 Å². The summed E-state index contributed by atoms with van der Waals surface area (Å²) >= 11 is 0. The highest BCUT2D eigenvalue weighted by Crippen LogP contribution is 2.37. The molecule has 0 heterocycles. The van der Waals surface area contributed by atoms with Crippen LogP contribution in [0.25, 0.3) is 6.08 Å². The van der Waals surface area contributed by atoms with Gasteiger partial charge in [0.25, 0.3) is 0 Å². The van der Waals surface area contributed by atoms with E-state index < -0.39 is 12.0 Å². The Morgan fingerprint density at radius 2 is 1.81 bits per heavy atom. The minimum atomic E-state index is -4.41. The lowest BCUT2D eigenvalue weighted by molar-refractivity contribution is -0.0790. The van der Waals surface area contributed by atoms with Crippen LogP contribution in [0.3, 0.4) is 0 Å². The molecule has 2 rings (SSSR count). The Bertz CT molecular complexity index is 494. The second-order valence-corrected chi connectivity index (χ2v) is 5.78. The highest BCUT2D eigenvalue weighted by atomic mass is 19.4. The van der Waals surface area contributed by atoms with Gasteiger partial charge in [-0.15, -0.1) is 0 Å². The van der Waals surface area contributed by atoms with E-state index in [0.29, 0.717) is 5.92 Å². The summed E-state index contributed by atoms with van der Waals surface area (Å²) in [6.07, 6.45) is 2.00. The molecule has 0 aliphatic heterocycles. The van der Waals surface area contributed by atoms with Gasteiger partial charge in [-0.05, 0) is 55.2 Å². The van der Waals surface area contributed by atoms with E-state index in [1.54, 1.807) is 6.07 Å². The Hall–Kier alpha value is -1.32. The Morgan fingerprint density at radius 3 is 2.33 bits per heavy atom. The molecule has 0 spiro atoms. The van der Waals surface area contributed by atoms with Crippen LogP contribution in [0.2, 0.25) is 0 Å². The van der Waals surface area contributed by atoms with Crippen LogP contribution in [0, 0.1) is 11.7 Å². The summed E-state index contributed by atoms with van der Waals surface area (Å²) in [7, 11) is 0. The monoisotopic (exact) mass is 300 g/mol. The lowest BCUT2D eigenvalue weighted by Crippen LogP contribution is -2.12. The summed E-state index contributed by atoms with van der Waals surface area (Å²) in [6, 6.07) is 4.60. The van der Waals surface area contributed by atoms with Gasteiger partial charge in [-0.25, -0.2) is 4.39 Å². The molecule has 1 fully saturated rings. The number of rotatable bonds is 3. The van der Waals surface area contributed by atoms with Crippen LogP contribution in [0.4, 0.5) is 17.6 Å². The zero-order valence-electron chi connectivity index (χ0n) is 12.1. The third kappa shape index (κ3) is 4.58. The maximum absolute atomic E-state index is 13.9. The number of halogens is 4. The highest BCUT2D eigenvalue weighted by Gasteiger charge is 2.23. The Kier molecular flexibility index (Phi) is 5.07. The van der Waals surface area contributed by atoms with E-state index in [4.69, 9.17) is 0 Å². The van der Waals surface area contributed by atoms with Gasteiger partial charge in [-0.2, -0.15) is 13.2 Å². The molecule has 0 bridgehead atoms. The van der Waals surface area contributed by atoms with Crippen molar-refractivity contribution in [2.24, 2.45) is 5.92 Å². The van der Waals surface area contributed by atoms with Gasteiger partial charge >= 0.3 is 6.18 Å². The summed E-state index contributed by atoms with van der Waals surface area (Å²) in [5.74, 6) is 0.522. The summed E-state index contributed by atoms with van der Waals surface area (Å²) in [5, 5.41) is 0. The second kappa shape index (κ2) is 6.63. The van der Waals surface area contributed by atoms with E-state index in [9.17, 15) is 17.6 Å². The number of allylic oxidation sites excluding steroid dienone is 1. The minimum absolute atomic E-state index is 0.0154. The van der Waals surface area contributed by atoms with Crippen molar-refractivity contribution in [3.05, 3.63) is 41.2 Å². The van der Waals surface area contributed by atoms with Gasteiger partial charge in [0.15, 0.2) is 0 Å². The van der Waals surface area contributed by atoms with Crippen LogP contribution in [0.1, 0.15) is 56.1 Å². The van der Waals surface area contributed by atoms with Crippen molar-refractivity contribution in [2.45, 2.75) is 51.1 Å². The zero-order chi connectivity index (χ0) is 15.5. The zero-order valence-corrected chi connectivity index (χ0v) is 12.1. The van der Waals surface area contributed by atoms with E-state index in [0.717, 1.165) is 43.2 Å². The first kappa shape index (κ1) is 16.1. The smallest absolute Gasteiger partial charge is 0.206 e. The van der Waals surface area contributed by atoms with Crippen molar-refractivity contribution in [1.29, 1.82) is 0 Å². The fraction of sp³-hybridized carbons (Fsp3) is 0.529. The van der Waals surface area contributed by atoms with Gasteiger partial charge < -0.3 is 0 Å². The molecule has 0 radical (unpaired) electrons. The summed E-state index contributed by atoms with van der Waals surface area (Å²) in [4.78, 5) is 0. The third-order valence-electron chi connectivity index (χ3n) is 4.37. The molecular weight excluding hydrogens is 280 g/mol. The maximum Gasteiger partial charge on any atom is 0.409 e. The van der Waals surface area contributed by atoms with Crippen molar-refractivity contribution in [3.8, 4) is 0 Å². The molecule has 0 unspecified atom stereocenters. The summed E-state index contributed by atoms with van der Waals surface area (Å²) in [5.41, 5.74) is 0.893. The van der Waals surface area contributed by atoms with E-state index in [-0.39, 0.29) is 11.6 Å². The molecule has 0 saturated heterocycles. The molecule has 1 saturated carbocycles. The minimum Gasteiger partial charge on any atom is -0.206 e. The molecule has 0 nitrogen and oxygen atoms in total. The van der Waals surface area contributed by atoms with Gasteiger partial charge in [0.05, 0.1) is 0 Å². The SMILES string of the molecule is CCC1CCC(c2ccc(C=CC(F)(F)F)c(F)c2)CC1. The fourth-order valence-electron chi connectivity index (χ4n) is 3.02. The van der Waals surface area contributed by atoms with Gasteiger partial charge in [0, 0.05) is 11.6 Å². The van der Waals surface area contributed by atoms with Gasteiger partial charge in [0.1, 0.15) is 5.82 Å². The molecule has 1 aromatic carbocycles. The summed E-state index contributed by atoms with van der Waals surface area (Å²) < 4.78 is 50.2. The van der Waals surface area contributed by atoms with Crippen molar-refractivity contribution in [1.82, 2.24) is 0 Å². The standard InChI is InChI=1S/C17H20F4/c1-2-12-3-5-13(6-4-12)15-8-7-14(16(18)11-15)9-10-17(19,20)21/h7-13H,2-6H2,1H3. The number of alkyl halides is 3. The summed E-state index contributed by atoms with van der Waals surface area (Å²) in [6.45, 7) is 2.19. The number of hydrogen-bond acceptors (Lipinski definition) is 0. The largest absolute Gasteiger partial charge is 0.409 e. The molecule has 116 valence electrons. The molecular formula is C17H20F4. The molecule has 4 heteroatoms. The molecule has 0 aromatic heterocycles. The Labute approximate surface area is 122 Å². The maximum atomic E-state index is 13.9. The predicted octanol–water partition coefficient (Wildman–Crippen LogP) is 6.09. The van der Waals surface area contributed by atoms with Crippen molar-refractivity contribution in [2.75, 3.05) is 0 Å². The van der Waals surface area contributed by atoms with E-state index >= 15 is 0 Å². The van der Waals surface area contributed by atoms with Crippen LogP contribution >= 0.6 is 0 Å². The Balaban J connectivity index is 2.07. The molecule has 1 aromatic rings. The van der Waals surface area contributed by atoms with Gasteiger partial charge in [0.2, 0.25) is 0 Å². The van der Waals surface area contributed by atoms with Crippen molar-refractivity contribution >= 4 is 6.08 Å². The topological polar surface area (TPSA) is 0 Å². The Morgan fingerprint density at radius 1 is 1.14 bits per heavy atom. The molecule has 1 aliphatic rings. The average Bonchev–Trinajstić information content (AvgIpc) is 2.45. The molecule has 0 N–H and O–H groups in total. The lowest BCUT2D eigenvalue weighted by Gasteiger charge is -2.28. The quantitative estimate of drug-likeness (QED) is 0.593. The van der Waals surface area contributed by atoms with Crippen LogP contribution in [-0.4, -0.2) is 6.18 Å². The molecule has 1 aliphatic carbocycles. The lowest BCUT2D eigenvalue weighted by atomic mass is 9.78. The number of hydrogen-bond donors (Lipinski definition) is 0. The van der Waals surface area contributed by atoms with Gasteiger partial charge in [-0.1, -0.05) is 25.5 Å². The second-order valence-electron chi connectivity index (χ2n) is 5.78. The van der Waals surface area contributed by atoms with Gasteiger partial charge in [-0.3, -0.25) is 0 Å². The first-order valence-corrected chi connectivity index (χ1v) is 7.44. The highest BCUT2D eigenvalue weighted by molar-refractivity contribution is 5.51. The predicted molar refractivity (Wildman–Crippen MR) is 76.5 cm³/mol. The van der Waals surface area contributed by atoms with Crippen molar-refractivity contribution in [3.63, 3.8) is 0 Å². The van der Waals surface area contributed by atoms with E-state index in [1.807, 2.05) is 0 Å². The fourth-order valence-corrected chi connectivity index (χ4v) is 3.02. The normalized spacial score (nSPS) is 23.7. The molecule has 21 heavy (non-hydrogen) atoms. The van der Waals surface area contributed by atoms with Crippen LogP contribution in [-0.2, 0) is 0 Å². The van der Waals surface area contributed by atoms with Crippen LogP contribution < -0.4 is 0 Å². The van der Waals surface area contributed by atoms with Crippen LogP contribution in [0.5, 0.6) is 0 Å². The van der Waals surface area contributed by atoms with Crippen LogP contribution in [0.15, 0.2) is 24.3 Å². The first-order chi connectivity index (χ1) is 9.89. The molecule has 0 amide bonds. The first-order valence-electron chi connectivity index (χ1n) is 7.44. The third-order valence-corrected chi connectivity index (χ3v) is 4.37. The van der Waals surface area contributed by atoms with E-state index in [1.165, 1.54) is 18.6 Å². The van der Waals surface area contributed by atoms with E-state index in [2.05, 4.69) is 6.92 Å². The average molecular weight is 300 g/mol. The molecule has 0 atom stereocenters. The number of benzene rings is 1.